The summed E-state index contributed by atoms with van der Waals surface area (Å²) in [5, 5.41) is 7.58. The number of benzene rings is 1. The summed E-state index contributed by atoms with van der Waals surface area (Å²) in [5.41, 5.74) is 1.08. The SMILES string of the molecule is CC(NCCCn1cccn1)c1ccc(F)c(Br)c1. The Morgan fingerprint density at radius 1 is 1.47 bits per heavy atom. The minimum absolute atomic E-state index is 0.203. The van der Waals surface area contributed by atoms with Crippen molar-refractivity contribution in [1.29, 1.82) is 0 Å². The van der Waals surface area contributed by atoms with E-state index in [1.54, 1.807) is 6.20 Å². The third kappa shape index (κ3) is 4.14. The van der Waals surface area contributed by atoms with E-state index in [2.05, 4.69) is 33.3 Å². The van der Waals surface area contributed by atoms with Crippen molar-refractivity contribution in [3.63, 3.8) is 0 Å². The van der Waals surface area contributed by atoms with Crippen LogP contribution in [0.25, 0.3) is 0 Å². The van der Waals surface area contributed by atoms with Gasteiger partial charge in [0.25, 0.3) is 0 Å². The van der Waals surface area contributed by atoms with Crippen LogP contribution in [-0.4, -0.2) is 16.3 Å². The number of aromatic nitrogens is 2. The van der Waals surface area contributed by atoms with Crippen molar-refractivity contribution in [3.05, 3.63) is 52.5 Å². The van der Waals surface area contributed by atoms with Gasteiger partial charge in [0.15, 0.2) is 0 Å². The summed E-state index contributed by atoms with van der Waals surface area (Å²) in [6.45, 7) is 3.88. The highest BCUT2D eigenvalue weighted by molar-refractivity contribution is 9.10. The van der Waals surface area contributed by atoms with Gasteiger partial charge in [-0.2, -0.15) is 5.10 Å². The van der Waals surface area contributed by atoms with E-state index in [-0.39, 0.29) is 11.9 Å². The van der Waals surface area contributed by atoms with Gasteiger partial charge in [-0.3, -0.25) is 4.68 Å². The number of nitrogens with one attached hydrogen (secondary N) is 1. The van der Waals surface area contributed by atoms with E-state index in [1.165, 1.54) is 6.07 Å². The summed E-state index contributed by atoms with van der Waals surface area (Å²) in [7, 11) is 0. The standard InChI is InChI=1S/C14H17BrFN3/c1-11(12-4-5-14(16)13(15)10-12)17-6-2-8-19-9-3-7-18-19/h3-5,7,9-11,17H,2,6,8H2,1H3. The molecule has 0 aliphatic rings. The Morgan fingerprint density at radius 2 is 2.32 bits per heavy atom. The Hall–Kier alpha value is -1.20. The monoisotopic (exact) mass is 325 g/mol. The van der Waals surface area contributed by atoms with Crippen LogP contribution >= 0.6 is 15.9 Å². The Balaban J connectivity index is 1.77. The van der Waals surface area contributed by atoms with E-state index in [0.717, 1.165) is 25.1 Å². The zero-order chi connectivity index (χ0) is 13.7. The van der Waals surface area contributed by atoms with Gasteiger partial charge in [-0.15, -0.1) is 0 Å². The zero-order valence-corrected chi connectivity index (χ0v) is 12.4. The van der Waals surface area contributed by atoms with Crippen molar-refractivity contribution in [2.45, 2.75) is 25.9 Å². The lowest BCUT2D eigenvalue weighted by atomic mass is 10.1. The van der Waals surface area contributed by atoms with Gasteiger partial charge in [-0.1, -0.05) is 6.07 Å². The van der Waals surface area contributed by atoms with E-state index in [9.17, 15) is 4.39 Å². The molecule has 2 aromatic rings. The third-order valence-corrected chi connectivity index (χ3v) is 3.63. The number of rotatable bonds is 6. The Bertz CT molecular complexity index is 513. The van der Waals surface area contributed by atoms with E-state index >= 15 is 0 Å². The lowest BCUT2D eigenvalue weighted by Crippen LogP contribution is -2.21. The van der Waals surface area contributed by atoms with Gasteiger partial charge in [0, 0.05) is 25.0 Å². The second-order valence-electron chi connectivity index (χ2n) is 4.47. The second kappa shape index (κ2) is 6.82. The Kier molecular flexibility index (Phi) is 5.10. The third-order valence-electron chi connectivity index (χ3n) is 3.02. The molecule has 1 atom stereocenters. The van der Waals surface area contributed by atoms with E-state index < -0.39 is 0 Å². The van der Waals surface area contributed by atoms with Crippen LogP contribution in [0.2, 0.25) is 0 Å². The number of aryl methyl sites for hydroxylation is 1. The van der Waals surface area contributed by atoms with Crippen LogP contribution in [0, 0.1) is 5.82 Å². The molecule has 1 unspecified atom stereocenters. The van der Waals surface area contributed by atoms with Crippen LogP contribution in [0.3, 0.4) is 0 Å². The highest BCUT2D eigenvalue weighted by Gasteiger charge is 2.07. The van der Waals surface area contributed by atoms with Gasteiger partial charge < -0.3 is 5.32 Å². The van der Waals surface area contributed by atoms with Gasteiger partial charge >= 0.3 is 0 Å². The molecule has 0 spiro atoms. The van der Waals surface area contributed by atoms with Gasteiger partial charge in [-0.05, 0) is 59.6 Å². The molecule has 1 aromatic carbocycles. The lowest BCUT2D eigenvalue weighted by Gasteiger charge is -2.14. The van der Waals surface area contributed by atoms with E-state index in [4.69, 9.17) is 0 Å². The minimum Gasteiger partial charge on any atom is -0.310 e. The first-order valence-electron chi connectivity index (χ1n) is 6.32. The van der Waals surface area contributed by atoms with Crippen LogP contribution in [0.4, 0.5) is 4.39 Å². The van der Waals surface area contributed by atoms with Crippen LogP contribution in [0.1, 0.15) is 24.9 Å². The molecule has 0 fully saturated rings. The number of hydrogen-bond donors (Lipinski definition) is 1. The van der Waals surface area contributed by atoms with Crippen LogP contribution in [0.5, 0.6) is 0 Å². The predicted octanol–water partition coefficient (Wildman–Crippen LogP) is 3.53. The smallest absolute Gasteiger partial charge is 0.137 e. The molecule has 19 heavy (non-hydrogen) atoms. The van der Waals surface area contributed by atoms with E-state index in [1.807, 2.05) is 29.1 Å². The summed E-state index contributed by atoms with van der Waals surface area (Å²) < 4.78 is 15.6. The van der Waals surface area contributed by atoms with Crippen molar-refractivity contribution in [3.8, 4) is 0 Å². The molecule has 0 aliphatic carbocycles. The Labute approximate surface area is 121 Å². The van der Waals surface area contributed by atoms with Gasteiger partial charge in [-0.25, -0.2) is 4.39 Å². The topological polar surface area (TPSA) is 29.9 Å². The van der Waals surface area contributed by atoms with Gasteiger partial charge in [0.1, 0.15) is 5.82 Å². The molecule has 0 radical (unpaired) electrons. The average molecular weight is 326 g/mol. The molecular formula is C14H17BrFN3. The van der Waals surface area contributed by atoms with Crippen molar-refractivity contribution < 1.29 is 4.39 Å². The highest BCUT2D eigenvalue weighted by Crippen LogP contribution is 2.21. The molecule has 0 amide bonds. The molecule has 1 N–H and O–H groups in total. The second-order valence-corrected chi connectivity index (χ2v) is 5.33. The fourth-order valence-electron chi connectivity index (χ4n) is 1.89. The molecule has 0 aliphatic heterocycles. The minimum atomic E-state index is -0.227. The van der Waals surface area contributed by atoms with Gasteiger partial charge in [0.05, 0.1) is 4.47 Å². The highest BCUT2D eigenvalue weighted by atomic mass is 79.9. The predicted molar refractivity (Wildman–Crippen MR) is 77.4 cm³/mol. The van der Waals surface area contributed by atoms with Crippen molar-refractivity contribution in [2.75, 3.05) is 6.54 Å². The average Bonchev–Trinajstić information content (AvgIpc) is 2.91. The van der Waals surface area contributed by atoms with Crippen LogP contribution < -0.4 is 5.32 Å². The Morgan fingerprint density at radius 3 is 3.00 bits per heavy atom. The van der Waals surface area contributed by atoms with Crippen molar-refractivity contribution >= 4 is 15.9 Å². The molecule has 0 saturated heterocycles. The number of hydrogen-bond acceptors (Lipinski definition) is 2. The maximum Gasteiger partial charge on any atom is 0.137 e. The summed E-state index contributed by atoms with van der Waals surface area (Å²) in [6.07, 6.45) is 4.75. The molecule has 3 nitrogen and oxygen atoms in total. The summed E-state index contributed by atoms with van der Waals surface area (Å²) in [4.78, 5) is 0. The fourth-order valence-corrected chi connectivity index (χ4v) is 2.29. The first-order chi connectivity index (χ1) is 9.16. The van der Waals surface area contributed by atoms with Crippen molar-refractivity contribution in [1.82, 2.24) is 15.1 Å². The summed E-state index contributed by atoms with van der Waals surface area (Å²) in [5.74, 6) is -0.227. The van der Waals surface area contributed by atoms with Crippen LogP contribution in [-0.2, 0) is 6.54 Å². The summed E-state index contributed by atoms with van der Waals surface area (Å²) >= 11 is 3.21. The largest absolute Gasteiger partial charge is 0.310 e. The number of nitrogens with zero attached hydrogens (tertiary/aromatic N) is 2. The van der Waals surface area contributed by atoms with Gasteiger partial charge in [0.2, 0.25) is 0 Å². The maximum atomic E-state index is 13.1. The zero-order valence-electron chi connectivity index (χ0n) is 10.8. The maximum absolute atomic E-state index is 13.1. The lowest BCUT2D eigenvalue weighted by molar-refractivity contribution is 0.506. The first-order valence-corrected chi connectivity index (χ1v) is 7.12. The van der Waals surface area contributed by atoms with E-state index in [0.29, 0.717) is 4.47 Å². The fraction of sp³-hybridized carbons (Fsp3) is 0.357. The molecule has 1 aromatic heterocycles. The number of halogens is 2. The first kappa shape index (κ1) is 14.2. The molecule has 2 rings (SSSR count). The molecule has 5 heteroatoms. The molecule has 0 saturated carbocycles. The van der Waals surface area contributed by atoms with Crippen LogP contribution in [0.15, 0.2) is 41.1 Å². The molecule has 0 bridgehead atoms. The quantitative estimate of drug-likeness (QED) is 0.823. The summed E-state index contributed by atoms with van der Waals surface area (Å²) in [6, 6.07) is 7.24. The molecular weight excluding hydrogens is 309 g/mol. The molecule has 1 heterocycles. The molecule has 102 valence electrons. The van der Waals surface area contributed by atoms with Crippen molar-refractivity contribution in [2.24, 2.45) is 0 Å². The normalized spacial score (nSPS) is 12.6.